The minimum absolute atomic E-state index is 0.0271. The van der Waals surface area contributed by atoms with Gasteiger partial charge in [0.15, 0.2) is 10.1 Å². The Kier molecular flexibility index (Phi) is 7.24. The summed E-state index contributed by atoms with van der Waals surface area (Å²) in [5.74, 6) is 0.517. The molecule has 5 nitrogen and oxygen atoms in total. The van der Waals surface area contributed by atoms with E-state index in [1.54, 1.807) is 30.5 Å². The van der Waals surface area contributed by atoms with Gasteiger partial charge < -0.3 is 5.32 Å². The van der Waals surface area contributed by atoms with Gasteiger partial charge in [0.25, 0.3) is 0 Å². The van der Waals surface area contributed by atoms with Gasteiger partial charge in [0.1, 0.15) is 0 Å². The van der Waals surface area contributed by atoms with Crippen molar-refractivity contribution in [2.45, 2.75) is 9.37 Å². The number of aromatic nitrogens is 2. The predicted octanol–water partition coefficient (Wildman–Crippen LogP) is 6.05. The maximum absolute atomic E-state index is 12.3. The zero-order chi connectivity index (χ0) is 21.6. The van der Waals surface area contributed by atoms with Crippen LogP contribution in [0.25, 0.3) is 10.2 Å². The van der Waals surface area contributed by atoms with E-state index in [0.717, 1.165) is 25.3 Å². The zero-order valence-electron chi connectivity index (χ0n) is 16.1. The molecule has 2 aromatic carbocycles. The summed E-state index contributed by atoms with van der Waals surface area (Å²) in [6.45, 7) is 0. The van der Waals surface area contributed by atoms with Gasteiger partial charge in [-0.15, -0.1) is 11.3 Å². The van der Waals surface area contributed by atoms with Gasteiger partial charge in [0, 0.05) is 22.5 Å². The maximum atomic E-state index is 12.3. The standard InChI is InChI=1S/C22H16ClN3O2S3/c23-15-6-4-14(5-7-15)18(27)12-30-22-26-17-9-8-16(11-19(17)31-22)25-20(28)13-29-21-3-1-2-10-24-21/h1-11H,12-13H2,(H,25,28). The minimum Gasteiger partial charge on any atom is -0.325 e. The summed E-state index contributed by atoms with van der Waals surface area (Å²) in [5, 5.41) is 4.33. The summed E-state index contributed by atoms with van der Waals surface area (Å²) in [7, 11) is 0. The Morgan fingerprint density at radius 1 is 1.00 bits per heavy atom. The second kappa shape index (κ2) is 10.3. The van der Waals surface area contributed by atoms with E-state index >= 15 is 0 Å². The second-order valence-electron chi connectivity index (χ2n) is 6.39. The molecule has 2 aromatic heterocycles. The first-order valence-corrected chi connectivity index (χ1v) is 12.4. The van der Waals surface area contributed by atoms with Crippen molar-refractivity contribution in [1.29, 1.82) is 0 Å². The molecule has 156 valence electrons. The topological polar surface area (TPSA) is 72.0 Å². The molecule has 31 heavy (non-hydrogen) atoms. The molecule has 9 heteroatoms. The number of thioether (sulfide) groups is 2. The molecule has 0 unspecified atom stereocenters. The van der Waals surface area contributed by atoms with Crippen LogP contribution in [0.5, 0.6) is 0 Å². The number of carbonyl (C=O) groups is 2. The van der Waals surface area contributed by atoms with Gasteiger partial charge in [0.05, 0.1) is 26.7 Å². The number of rotatable bonds is 8. The summed E-state index contributed by atoms with van der Waals surface area (Å²) in [4.78, 5) is 33.4. The summed E-state index contributed by atoms with van der Waals surface area (Å²) in [6, 6.07) is 18.1. The normalized spacial score (nSPS) is 10.9. The fourth-order valence-electron chi connectivity index (χ4n) is 2.66. The van der Waals surface area contributed by atoms with Crippen molar-refractivity contribution in [3.63, 3.8) is 0 Å². The molecule has 1 N–H and O–H groups in total. The van der Waals surface area contributed by atoms with Crippen LogP contribution < -0.4 is 5.32 Å². The van der Waals surface area contributed by atoms with E-state index in [1.165, 1.54) is 34.9 Å². The summed E-state index contributed by atoms with van der Waals surface area (Å²) >= 11 is 10.2. The van der Waals surface area contributed by atoms with Gasteiger partial charge in [-0.3, -0.25) is 9.59 Å². The maximum Gasteiger partial charge on any atom is 0.234 e. The molecule has 0 atom stereocenters. The van der Waals surface area contributed by atoms with E-state index in [-0.39, 0.29) is 17.4 Å². The Labute approximate surface area is 196 Å². The second-order valence-corrected chi connectivity index (χ2v) is 10.1. The van der Waals surface area contributed by atoms with Gasteiger partial charge in [-0.25, -0.2) is 9.97 Å². The lowest BCUT2D eigenvalue weighted by Gasteiger charge is -2.04. The molecule has 0 aliphatic heterocycles. The quantitative estimate of drug-likeness (QED) is 0.242. The van der Waals surface area contributed by atoms with Gasteiger partial charge in [-0.2, -0.15) is 0 Å². The third kappa shape index (κ3) is 6.07. The van der Waals surface area contributed by atoms with E-state index < -0.39 is 0 Å². The zero-order valence-corrected chi connectivity index (χ0v) is 19.3. The number of pyridine rings is 1. The minimum atomic E-state index is -0.0947. The number of nitrogens with zero attached hydrogens (tertiary/aromatic N) is 2. The monoisotopic (exact) mass is 485 g/mol. The van der Waals surface area contributed by atoms with Gasteiger partial charge >= 0.3 is 0 Å². The number of hydrogen-bond acceptors (Lipinski definition) is 7. The third-order valence-corrected chi connectivity index (χ3v) is 7.49. The Bertz CT molecular complexity index is 1210. The number of carbonyl (C=O) groups excluding carboxylic acids is 2. The number of hydrogen-bond donors (Lipinski definition) is 1. The van der Waals surface area contributed by atoms with Gasteiger partial charge in [0.2, 0.25) is 5.91 Å². The fourth-order valence-corrected chi connectivity index (χ4v) is 5.45. The molecule has 0 aliphatic rings. The van der Waals surface area contributed by atoms with Gasteiger partial charge in [-0.05, 0) is 54.6 Å². The number of nitrogens with one attached hydrogen (secondary N) is 1. The fraction of sp³-hybridized carbons (Fsp3) is 0.0909. The molecular weight excluding hydrogens is 470 g/mol. The number of benzene rings is 2. The summed E-state index contributed by atoms with van der Waals surface area (Å²) in [6.07, 6.45) is 1.70. The van der Waals surface area contributed by atoms with Crippen molar-refractivity contribution in [2.75, 3.05) is 16.8 Å². The first-order chi connectivity index (χ1) is 15.1. The molecule has 0 spiro atoms. The van der Waals surface area contributed by atoms with Crippen molar-refractivity contribution in [3.8, 4) is 0 Å². The number of fused-ring (bicyclic) bond motifs is 1. The van der Waals surface area contributed by atoms with Crippen LogP contribution >= 0.6 is 46.5 Å². The molecule has 0 saturated carbocycles. The van der Waals surface area contributed by atoms with Crippen LogP contribution in [0, 0.1) is 0 Å². The van der Waals surface area contributed by atoms with Crippen LogP contribution in [0.1, 0.15) is 10.4 Å². The SMILES string of the molecule is O=C(CSc1ccccn1)Nc1ccc2nc(SCC(=O)c3ccc(Cl)cc3)sc2c1. The predicted molar refractivity (Wildman–Crippen MR) is 130 cm³/mol. The highest BCUT2D eigenvalue weighted by atomic mass is 35.5. The van der Waals surface area contributed by atoms with Crippen molar-refractivity contribution >= 4 is 74.1 Å². The lowest BCUT2D eigenvalue weighted by Crippen LogP contribution is -2.13. The van der Waals surface area contributed by atoms with Gasteiger partial charge in [-0.1, -0.05) is 41.2 Å². The Balaban J connectivity index is 1.34. The van der Waals surface area contributed by atoms with E-state index in [2.05, 4.69) is 15.3 Å². The average molecular weight is 486 g/mol. The Morgan fingerprint density at radius 3 is 2.61 bits per heavy atom. The van der Waals surface area contributed by atoms with Crippen molar-refractivity contribution in [3.05, 3.63) is 77.4 Å². The molecular formula is C22H16ClN3O2S3. The molecule has 0 fully saturated rings. The molecule has 0 saturated heterocycles. The van der Waals surface area contributed by atoms with E-state index in [4.69, 9.17) is 11.6 Å². The highest BCUT2D eigenvalue weighted by Crippen LogP contribution is 2.31. The average Bonchev–Trinajstić information content (AvgIpc) is 3.19. The first-order valence-electron chi connectivity index (χ1n) is 9.23. The third-order valence-electron chi connectivity index (χ3n) is 4.13. The van der Waals surface area contributed by atoms with Crippen LogP contribution in [0.15, 0.2) is 76.2 Å². The van der Waals surface area contributed by atoms with E-state index in [0.29, 0.717) is 16.3 Å². The van der Waals surface area contributed by atoms with Crippen molar-refractivity contribution in [2.24, 2.45) is 0 Å². The first kappa shape index (κ1) is 21.8. The Morgan fingerprint density at radius 2 is 1.84 bits per heavy atom. The lowest BCUT2D eigenvalue weighted by atomic mass is 10.1. The molecule has 1 amide bonds. The molecule has 0 radical (unpaired) electrons. The highest BCUT2D eigenvalue weighted by Gasteiger charge is 2.11. The van der Waals surface area contributed by atoms with E-state index in [1.807, 2.05) is 36.4 Å². The van der Waals surface area contributed by atoms with E-state index in [9.17, 15) is 9.59 Å². The lowest BCUT2D eigenvalue weighted by molar-refractivity contribution is -0.113. The van der Waals surface area contributed by atoms with Crippen LogP contribution in [0.4, 0.5) is 5.69 Å². The van der Waals surface area contributed by atoms with Crippen molar-refractivity contribution < 1.29 is 9.59 Å². The molecule has 0 bridgehead atoms. The molecule has 4 rings (SSSR count). The highest BCUT2D eigenvalue weighted by molar-refractivity contribution is 8.01. The molecule has 4 aromatic rings. The smallest absolute Gasteiger partial charge is 0.234 e. The Hall–Kier alpha value is -2.39. The number of halogens is 1. The number of ketones is 1. The number of amides is 1. The molecule has 2 heterocycles. The van der Waals surface area contributed by atoms with Crippen molar-refractivity contribution in [1.82, 2.24) is 9.97 Å². The largest absolute Gasteiger partial charge is 0.325 e. The van der Waals surface area contributed by atoms with Crippen LogP contribution in [0.3, 0.4) is 0 Å². The van der Waals surface area contributed by atoms with Crippen LogP contribution in [-0.2, 0) is 4.79 Å². The van der Waals surface area contributed by atoms with Crippen LogP contribution in [-0.4, -0.2) is 33.2 Å². The molecule has 0 aliphatic carbocycles. The van der Waals surface area contributed by atoms with Crippen LogP contribution in [0.2, 0.25) is 5.02 Å². The number of Topliss-reactive ketones (excluding diaryl/α,β-unsaturated/α-hetero) is 1. The number of anilines is 1. The summed E-state index contributed by atoms with van der Waals surface area (Å²) in [5.41, 5.74) is 2.19. The summed E-state index contributed by atoms with van der Waals surface area (Å²) < 4.78 is 1.77. The number of thiazole rings is 1.